The number of carbonyl (C=O) groups is 2. The van der Waals surface area contributed by atoms with Crippen LogP contribution in [0.15, 0.2) is 0 Å². The van der Waals surface area contributed by atoms with Gasteiger partial charge < -0.3 is 14.5 Å². The van der Waals surface area contributed by atoms with Crippen LogP contribution in [0.5, 0.6) is 0 Å². The van der Waals surface area contributed by atoms with Crippen molar-refractivity contribution in [2.75, 3.05) is 39.4 Å². The molecule has 2 rings (SSSR count). The SMILES string of the molecule is CC1CCN(C(=O)COCC(=O)N2CCC(C)C2)C1. The van der Waals surface area contributed by atoms with Gasteiger partial charge in [0.2, 0.25) is 11.8 Å². The third-order valence-electron chi connectivity index (χ3n) is 4.00. The lowest BCUT2D eigenvalue weighted by Crippen LogP contribution is -2.35. The number of hydrogen-bond donors (Lipinski definition) is 0. The molecule has 0 spiro atoms. The molecular formula is C14H24N2O3. The van der Waals surface area contributed by atoms with Crippen LogP contribution in [0.1, 0.15) is 26.7 Å². The van der Waals surface area contributed by atoms with Crippen molar-refractivity contribution in [3.63, 3.8) is 0 Å². The average molecular weight is 268 g/mol. The predicted octanol–water partition coefficient (Wildman–Crippen LogP) is 0.740. The van der Waals surface area contributed by atoms with E-state index in [1.165, 1.54) is 0 Å². The van der Waals surface area contributed by atoms with Gasteiger partial charge in [-0.1, -0.05) is 13.8 Å². The molecule has 2 aliphatic rings. The van der Waals surface area contributed by atoms with E-state index in [0.29, 0.717) is 11.8 Å². The Bertz CT molecular complexity index is 314. The van der Waals surface area contributed by atoms with Gasteiger partial charge >= 0.3 is 0 Å². The summed E-state index contributed by atoms with van der Waals surface area (Å²) in [5.41, 5.74) is 0. The Balaban J connectivity index is 1.63. The zero-order valence-corrected chi connectivity index (χ0v) is 11.9. The summed E-state index contributed by atoms with van der Waals surface area (Å²) < 4.78 is 5.27. The normalized spacial score (nSPS) is 27.1. The smallest absolute Gasteiger partial charge is 0.248 e. The number of ether oxygens (including phenoxy) is 1. The van der Waals surface area contributed by atoms with Crippen molar-refractivity contribution in [2.24, 2.45) is 11.8 Å². The number of carbonyl (C=O) groups excluding carboxylic acids is 2. The summed E-state index contributed by atoms with van der Waals surface area (Å²) in [6.45, 7) is 7.63. The Morgan fingerprint density at radius 1 is 0.947 bits per heavy atom. The summed E-state index contributed by atoms with van der Waals surface area (Å²) >= 11 is 0. The Morgan fingerprint density at radius 3 is 1.68 bits per heavy atom. The molecule has 2 amide bonds. The average Bonchev–Trinajstić information content (AvgIpc) is 2.98. The fraction of sp³-hybridized carbons (Fsp3) is 0.857. The molecule has 2 aliphatic heterocycles. The van der Waals surface area contributed by atoms with E-state index in [1.807, 2.05) is 9.80 Å². The van der Waals surface area contributed by atoms with Gasteiger partial charge in [0.05, 0.1) is 0 Å². The molecule has 2 atom stereocenters. The topological polar surface area (TPSA) is 49.9 Å². The standard InChI is InChI=1S/C14H24N2O3/c1-11-3-5-15(7-11)13(17)9-19-10-14(18)16-6-4-12(2)8-16/h11-12H,3-10H2,1-2H3. The second-order valence-electron chi connectivity index (χ2n) is 5.96. The van der Waals surface area contributed by atoms with Crippen molar-refractivity contribution in [1.29, 1.82) is 0 Å². The third-order valence-corrected chi connectivity index (χ3v) is 4.00. The van der Waals surface area contributed by atoms with Crippen LogP contribution in [0.25, 0.3) is 0 Å². The number of hydrogen-bond acceptors (Lipinski definition) is 3. The van der Waals surface area contributed by atoms with E-state index in [2.05, 4.69) is 13.8 Å². The second kappa shape index (κ2) is 6.37. The lowest BCUT2D eigenvalue weighted by Gasteiger charge is -2.18. The minimum atomic E-state index is 0.00643. The summed E-state index contributed by atoms with van der Waals surface area (Å²) in [6.07, 6.45) is 2.13. The lowest BCUT2D eigenvalue weighted by molar-refractivity contribution is -0.141. The van der Waals surface area contributed by atoms with Gasteiger partial charge in [-0.2, -0.15) is 0 Å². The molecule has 0 aliphatic carbocycles. The van der Waals surface area contributed by atoms with Crippen molar-refractivity contribution >= 4 is 11.8 Å². The van der Waals surface area contributed by atoms with Crippen molar-refractivity contribution < 1.29 is 14.3 Å². The quantitative estimate of drug-likeness (QED) is 0.755. The zero-order chi connectivity index (χ0) is 13.8. The Labute approximate surface area is 114 Å². The molecule has 0 N–H and O–H groups in total. The largest absolute Gasteiger partial charge is 0.362 e. The van der Waals surface area contributed by atoms with Crippen LogP contribution >= 0.6 is 0 Å². The van der Waals surface area contributed by atoms with Crippen LogP contribution in [0, 0.1) is 11.8 Å². The Morgan fingerprint density at radius 2 is 1.37 bits per heavy atom. The Hall–Kier alpha value is -1.10. The zero-order valence-electron chi connectivity index (χ0n) is 11.9. The second-order valence-corrected chi connectivity index (χ2v) is 5.96. The highest BCUT2D eigenvalue weighted by molar-refractivity contribution is 5.80. The van der Waals surface area contributed by atoms with E-state index >= 15 is 0 Å². The van der Waals surface area contributed by atoms with Crippen molar-refractivity contribution in [2.45, 2.75) is 26.7 Å². The highest BCUT2D eigenvalue weighted by atomic mass is 16.5. The highest BCUT2D eigenvalue weighted by Gasteiger charge is 2.25. The van der Waals surface area contributed by atoms with E-state index in [-0.39, 0.29) is 25.0 Å². The van der Waals surface area contributed by atoms with Crippen molar-refractivity contribution in [3.8, 4) is 0 Å². The molecule has 2 unspecified atom stereocenters. The predicted molar refractivity (Wildman–Crippen MR) is 71.5 cm³/mol. The molecule has 0 aromatic heterocycles. The Kier molecular flexibility index (Phi) is 4.80. The highest BCUT2D eigenvalue weighted by Crippen LogP contribution is 2.16. The van der Waals surface area contributed by atoms with E-state index in [0.717, 1.165) is 39.0 Å². The van der Waals surface area contributed by atoms with Crippen LogP contribution in [-0.4, -0.2) is 61.0 Å². The molecule has 0 saturated carbocycles. The summed E-state index contributed by atoms with van der Waals surface area (Å²) in [5, 5.41) is 0. The number of nitrogens with zero attached hydrogens (tertiary/aromatic N) is 2. The van der Waals surface area contributed by atoms with Crippen LogP contribution < -0.4 is 0 Å². The first-order valence-electron chi connectivity index (χ1n) is 7.19. The van der Waals surface area contributed by atoms with Gasteiger partial charge in [0, 0.05) is 26.2 Å². The fourth-order valence-electron chi connectivity index (χ4n) is 2.73. The van der Waals surface area contributed by atoms with Gasteiger partial charge in [0.25, 0.3) is 0 Å². The van der Waals surface area contributed by atoms with E-state index in [9.17, 15) is 9.59 Å². The minimum absolute atomic E-state index is 0.00643. The van der Waals surface area contributed by atoms with Gasteiger partial charge in [-0.15, -0.1) is 0 Å². The summed E-state index contributed by atoms with van der Waals surface area (Å²) in [4.78, 5) is 27.3. The molecule has 19 heavy (non-hydrogen) atoms. The fourth-order valence-corrected chi connectivity index (χ4v) is 2.73. The molecule has 0 bridgehead atoms. The lowest BCUT2D eigenvalue weighted by atomic mass is 10.2. The number of rotatable bonds is 4. The molecule has 5 heteroatoms. The maximum absolute atomic E-state index is 11.8. The molecule has 2 fully saturated rings. The number of likely N-dealkylation sites (tertiary alicyclic amines) is 2. The minimum Gasteiger partial charge on any atom is -0.362 e. The van der Waals surface area contributed by atoms with Gasteiger partial charge in [-0.05, 0) is 24.7 Å². The maximum atomic E-state index is 11.8. The first kappa shape index (κ1) is 14.3. The van der Waals surface area contributed by atoms with Gasteiger partial charge in [0.1, 0.15) is 13.2 Å². The molecular weight excluding hydrogens is 244 g/mol. The maximum Gasteiger partial charge on any atom is 0.248 e. The molecule has 108 valence electrons. The monoisotopic (exact) mass is 268 g/mol. The first-order valence-corrected chi connectivity index (χ1v) is 7.19. The van der Waals surface area contributed by atoms with Crippen LogP contribution in [0.2, 0.25) is 0 Å². The molecule has 5 nitrogen and oxygen atoms in total. The molecule has 2 saturated heterocycles. The first-order chi connectivity index (χ1) is 9.06. The van der Waals surface area contributed by atoms with Crippen LogP contribution in [-0.2, 0) is 14.3 Å². The van der Waals surface area contributed by atoms with E-state index in [1.54, 1.807) is 0 Å². The summed E-state index contributed by atoms with van der Waals surface area (Å²) in [7, 11) is 0. The van der Waals surface area contributed by atoms with Crippen LogP contribution in [0.4, 0.5) is 0 Å². The summed E-state index contributed by atoms with van der Waals surface area (Å²) in [5.74, 6) is 1.17. The van der Waals surface area contributed by atoms with Crippen molar-refractivity contribution in [3.05, 3.63) is 0 Å². The van der Waals surface area contributed by atoms with Gasteiger partial charge in [-0.3, -0.25) is 9.59 Å². The molecule has 0 aromatic carbocycles. The molecule has 2 heterocycles. The van der Waals surface area contributed by atoms with Gasteiger partial charge in [-0.25, -0.2) is 0 Å². The third kappa shape index (κ3) is 3.93. The van der Waals surface area contributed by atoms with Crippen molar-refractivity contribution in [1.82, 2.24) is 9.80 Å². The molecule has 0 radical (unpaired) electrons. The van der Waals surface area contributed by atoms with Crippen LogP contribution in [0.3, 0.4) is 0 Å². The van der Waals surface area contributed by atoms with E-state index < -0.39 is 0 Å². The molecule has 0 aromatic rings. The van der Waals surface area contributed by atoms with Gasteiger partial charge in [0.15, 0.2) is 0 Å². The summed E-state index contributed by atoms with van der Waals surface area (Å²) in [6, 6.07) is 0. The van der Waals surface area contributed by atoms with E-state index in [4.69, 9.17) is 4.74 Å². The number of amides is 2.